The third-order valence-corrected chi connectivity index (χ3v) is 5.12. The molecule has 0 amide bonds. The van der Waals surface area contributed by atoms with Gasteiger partial charge in [-0.15, -0.1) is 0 Å². The van der Waals surface area contributed by atoms with Gasteiger partial charge in [0.1, 0.15) is 0 Å². The molecule has 1 aliphatic carbocycles. The van der Waals surface area contributed by atoms with Gasteiger partial charge in [0, 0.05) is 24.7 Å². The zero-order valence-corrected chi connectivity index (χ0v) is 12.7. The molecular weight excluding hydrogens is 224 g/mol. The number of rotatable bonds is 4. The molecule has 2 rings (SSSR count). The molecular formula is C15H30N2O. The maximum Gasteiger partial charge on any atom is 0.0703 e. The first-order valence-electron chi connectivity index (χ1n) is 7.54. The lowest BCUT2D eigenvalue weighted by Gasteiger charge is -2.39. The highest BCUT2D eigenvalue weighted by Gasteiger charge is 2.45. The van der Waals surface area contributed by atoms with E-state index in [0.29, 0.717) is 29.6 Å². The molecule has 18 heavy (non-hydrogen) atoms. The van der Waals surface area contributed by atoms with Crippen LogP contribution >= 0.6 is 0 Å². The summed E-state index contributed by atoms with van der Waals surface area (Å²) in [4.78, 5) is 2.60. The van der Waals surface area contributed by atoms with Crippen LogP contribution in [0.25, 0.3) is 0 Å². The summed E-state index contributed by atoms with van der Waals surface area (Å²) in [6, 6.07) is 1.87. The Balaban J connectivity index is 2.07. The average molecular weight is 254 g/mol. The lowest BCUT2D eigenvalue weighted by Crippen LogP contribution is -2.54. The van der Waals surface area contributed by atoms with Crippen molar-refractivity contribution in [3.63, 3.8) is 0 Å². The van der Waals surface area contributed by atoms with Gasteiger partial charge in [-0.2, -0.15) is 0 Å². The molecule has 0 aromatic carbocycles. The van der Waals surface area contributed by atoms with Crippen LogP contribution in [0.3, 0.4) is 0 Å². The van der Waals surface area contributed by atoms with Gasteiger partial charge in [-0.1, -0.05) is 20.8 Å². The van der Waals surface area contributed by atoms with Crippen molar-refractivity contribution in [2.75, 3.05) is 20.2 Å². The molecule has 1 heterocycles. The molecule has 1 aliphatic heterocycles. The van der Waals surface area contributed by atoms with Crippen LogP contribution in [0.15, 0.2) is 0 Å². The first-order valence-corrected chi connectivity index (χ1v) is 7.54. The Hall–Kier alpha value is -0.120. The molecule has 4 unspecified atom stereocenters. The van der Waals surface area contributed by atoms with E-state index < -0.39 is 0 Å². The molecule has 2 fully saturated rings. The van der Waals surface area contributed by atoms with E-state index in [2.05, 4.69) is 45.0 Å². The van der Waals surface area contributed by atoms with Crippen molar-refractivity contribution in [2.45, 2.75) is 71.2 Å². The molecule has 0 spiro atoms. The zero-order chi connectivity index (χ0) is 13.3. The van der Waals surface area contributed by atoms with Crippen LogP contribution in [0.4, 0.5) is 0 Å². The van der Waals surface area contributed by atoms with Gasteiger partial charge in [0.2, 0.25) is 0 Å². The van der Waals surface area contributed by atoms with Crippen molar-refractivity contribution in [1.29, 1.82) is 0 Å². The fourth-order valence-electron chi connectivity index (χ4n) is 3.94. The molecule has 3 nitrogen and oxygen atoms in total. The Labute approximate surface area is 112 Å². The number of hydrogen-bond donors (Lipinski definition) is 1. The maximum absolute atomic E-state index is 5.73. The van der Waals surface area contributed by atoms with Gasteiger partial charge in [-0.05, 0) is 45.2 Å². The fourth-order valence-corrected chi connectivity index (χ4v) is 3.94. The van der Waals surface area contributed by atoms with E-state index in [0.717, 1.165) is 13.2 Å². The molecule has 4 atom stereocenters. The topological polar surface area (TPSA) is 24.5 Å². The summed E-state index contributed by atoms with van der Waals surface area (Å²) in [5.74, 6) is 0. The largest absolute Gasteiger partial charge is 0.377 e. The highest BCUT2D eigenvalue weighted by atomic mass is 16.5. The van der Waals surface area contributed by atoms with E-state index in [1.54, 1.807) is 0 Å². The Morgan fingerprint density at radius 3 is 2.56 bits per heavy atom. The quantitative estimate of drug-likeness (QED) is 0.833. The minimum atomic E-state index is 0.390. The zero-order valence-electron chi connectivity index (χ0n) is 12.7. The summed E-state index contributed by atoms with van der Waals surface area (Å²) in [5, 5.41) is 3.72. The number of nitrogens with zero attached hydrogens (tertiary/aromatic N) is 1. The lowest BCUT2D eigenvalue weighted by atomic mass is 9.86. The summed E-state index contributed by atoms with van der Waals surface area (Å²) in [5.41, 5.74) is 0.414. The molecule has 0 aromatic heterocycles. The van der Waals surface area contributed by atoms with E-state index >= 15 is 0 Å². The number of nitrogens with one attached hydrogen (secondary N) is 1. The highest BCUT2D eigenvalue weighted by molar-refractivity contribution is 5.02. The molecule has 2 aliphatic rings. The molecule has 0 bridgehead atoms. The molecule has 106 valence electrons. The summed E-state index contributed by atoms with van der Waals surface area (Å²) >= 11 is 0. The van der Waals surface area contributed by atoms with Gasteiger partial charge in [-0.3, -0.25) is 4.90 Å². The molecule has 0 radical (unpaired) electrons. The lowest BCUT2D eigenvalue weighted by molar-refractivity contribution is 0.0575. The first kappa shape index (κ1) is 14.3. The van der Waals surface area contributed by atoms with Gasteiger partial charge in [0.05, 0.1) is 6.10 Å². The van der Waals surface area contributed by atoms with Gasteiger partial charge in [0.25, 0.3) is 0 Å². The van der Waals surface area contributed by atoms with Gasteiger partial charge < -0.3 is 10.1 Å². The van der Waals surface area contributed by atoms with Crippen molar-refractivity contribution in [2.24, 2.45) is 5.41 Å². The van der Waals surface area contributed by atoms with E-state index in [1.807, 2.05) is 0 Å². The third-order valence-electron chi connectivity index (χ3n) is 5.12. The van der Waals surface area contributed by atoms with Crippen LogP contribution in [-0.2, 0) is 4.74 Å². The van der Waals surface area contributed by atoms with Gasteiger partial charge >= 0.3 is 0 Å². The molecule has 1 N–H and O–H groups in total. The molecule has 0 aromatic rings. The standard InChI is InChI=1S/C15H30N2O/c1-6-16-14-13(7-9-15(14,3)4)17(5)12-8-10-18-11(12)2/h11-14,16H,6-10H2,1-5H3. The predicted molar refractivity (Wildman–Crippen MR) is 75.8 cm³/mol. The van der Waals surface area contributed by atoms with Crippen LogP contribution in [0.2, 0.25) is 0 Å². The SMILES string of the molecule is CCNC1C(N(C)C2CCOC2C)CCC1(C)C. The minimum absolute atomic E-state index is 0.390. The second-order valence-corrected chi connectivity index (χ2v) is 6.73. The summed E-state index contributed by atoms with van der Waals surface area (Å²) in [7, 11) is 2.30. The van der Waals surface area contributed by atoms with Crippen LogP contribution < -0.4 is 5.32 Å². The smallest absolute Gasteiger partial charge is 0.0703 e. The van der Waals surface area contributed by atoms with Crippen molar-refractivity contribution in [1.82, 2.24) is 10.2 Å². The summed E-state index contributed by atoms with van der Waals surface area (Å²) in [6.07, 6.45) is 4.21. The summed E-state index contributed by atoms with van der Waals surface area (Å²) in [6.45, 7) is 11.2. The van der Waals surface area contributed by atoms with Crippen molar-refractivity contribution < 1.29 is 4.74 Å². The Bertz CT molecular complexity index is 280. The average Bonchev–Trinajstić information content (AvgIpc) is 2.84. The predicted octanol–water partition coefficient (Wildman–Crippen LogP) is 2.26. The first-order chi connectivity index (χ1) is 8.47. The Kier molecular flexibility index (Phi) is 4.35. The van der Waals surface area contributed by atoms with Gasteiger partial charge in [-0.25, -0.2) is 0 Å². The van der Waals surface area contributed by atoms with E-state index in [4.69, 9.17) is 4.74 Å². The highest BCUT2D eigenvalue weighted by Crippen LogP contribution is 2.40. The van der Waals surface area contributed by atoms with Crippen molar-refractivity contribution in [3.05, 3.63) is 0 Å². The monoisotopic (exact) mass is 254 g/mol. The van der Waals surface area contributed by atoms with Crippen molar-refractivity contribution >= 4 is 0 Å². The number of hydrogen-bond acceptors (Lipinski definition) is 3. The van der Waals surface area contributed by atoms with E-state index in [-0.39, 0.29) is 0 Å². The molecule has 1 saturated carbocycles. The normalized spacial score (nSPS) is 39.7. The second-order valence-electron chi connectivity index (χ2n) is 6.73. The van der Waals surface area contributed by atoms with E-state index in [9.17, 15) is 0 Å². The van der Waals surface area contributed by atoms with Crippen LogP contribution in [-0.4, -0.2) is 49.3 Å². The fraction of sp³-hybridized carbons (Fsp3) is 1.00. The Morgan fingerprint density at radius 1 is 1.28 bits per heavy atom. The molecule has 1 saturated heterocycles. The van der Waals surface area contributed by atoms with Crippen molar-refractivity contribution in [3.8, 4) is 0 Å². The maximum atomic E-state index is 5.73. The molecule has 3 heteroatoms. The van der Waals surface area contributed by atoms with Gasteiger partial charge in [0.15, 0.2) is 0 Å². The number of likely N-dealkylation sites (N-methyl/N-ethyl adjacent to an activating group) is 2. The minimum Gasteiger partial charge on any atom is -0.377 e. The Morgan fingerprint density at radius 2 is 2.00 bits per heavy atom. The van der Waals surface area contributed by atoms with Crippen LogP contribution in [0.5, 0.6) is 0 Å². The van der Waals surface area contributed by atoms with Crippen LogP contribution in [0.1, 0.15) is 47.0 Å². The third kappa shape index (κ3) is 2.59. The van der Waals surface area contributed by atoms with Crippen LogP contribution in [0, 0.1) is 5.41 Å². The second kappa shape index (κ2) is 5.48. The van der Waals surface area contributed by atoms with E-state index in [1.165, 1.54) is 19.3 Å². The summed E-state index contributed by atoms with van der Waals surface area (Å²) < 4.78 is 5.73. The number of ether oxygens (including phenoxy) is 1.